The van der Waals surface area contributed by atoms with Crippen LogP contribution in [0.15, 0.2) is 28.8 Å². The lowest BCUT2D eigenvalue weighted by molar-refractivity contribution is 0.281. The number of nitrogens with one attached hydrogen (secondary N) is 1. The Morgan fingerprint density at radius 3 is 2.67 bits per heavy atom. The maximum absolute atomic E-state index is 9.21. The minimum atomic E-state index is 0.0794. The van der Waals surface area contributed by atoms with Gasteiger partial charge in [0.1, 0.15) is 5.76 Å². The van der Waals surface area contributed by atoms with Gasteiger partial charge in [-0.25, -0.2) is 0 Å². The molecule has 0 aliphatic rings. The van der Waals surface area contributed by atoms with Gasteiger partial charge in [0.15, 0.2) is 0 Å². The molecule has 114 valence electrons. The Kier molecular flexibility index (Phi) is 5.15. The maximum Gasteiger partial charge on any atom is 0.137 e. The molecule has 0 bridgehead atoms. The lowest BCUT2D eigenvalue weighted by Crippen LogP contribution is -2.24. The fourth-order valence-corrected chi connectivity index (χ4v) is 2.73. The van der Waals surface area contributed by atoms with Crippen molar-refractivity contribution in [2.24, 2.45) is 0 Å². The third-order valence-corrected chi connectivity index (χ3v) is 3.95. The fraction of sp³-hybridized carbons (Fsp3) is 0.471. The Bertz CT molecular complexity index is 573. The van der Waals surface area contributed by atoms with Crippen LogP contribution in [-0.4, -0.2) is 16.8 Å². The summed E-state index contributed by atoms with van der Waals surface area (Å²) in [5.41, 5.74) is 4.29. The van der Waals surface area contributed by atoms with Gasteiger partial charge in [-0.05, 0) is 37.8 Å². The van der Waals surface area contributed by atoms with E-state index in [1.54, 1.807) is 0 Å². The Balaban J connectivity index is 1.99. The molecule has 1 aromatic carbocycles. The van der Waals surface area contributed by atoms with Crippen molar-refractivity contribution in [3.63, 3.8) is 0 Å². The molecule has 0 aliphatic carbocycles. The largest absolute Gasteiger partial charge is 0.392 e. The summed E-state index contributed by atoms with van der Waals surface area (Å²) in [6.07, 6.45) is 0. The van der Waals surface area contributed by atoms with Gasteiger partial charge in [-0.1, -0.05) is 36.3 Å². The van der Waals surface area contributed by atoms with Gasteiger partial charge < -0.3 is 14.9 Å². The number of aliphatic hydroxyl groups excluding tert-OH is 1. The molecule has 0 fully saturated rings. The molecule has 2 rings (SSSR count). The van der Waals surface area contributed by atoms with E-state index in [-0.39, 0.29) is 12.6 Å². The number of nitrogens with zero attached hydrogens (tertiary/aromatic N) is 1. The Hall–Kier alpha value is -1.65. The topological polar surface area (TPSA) is 58.3 Å². The summed E-state index contributed by atoms with van der Waals surface area (Å²) in [5.74, 6) is 1.25. The lowest BCUT2D eigenvalue weighted by Gasteiger charge is -2.18. The van der Waals surface area contributed by atoms with Crippen LogP contribution in [0.1, 0.15) is 54.0 Å². The molecule has 0 aliphatic heterocycles. The molecule has 0 saturated heterocycles. The van der Waals surface area contributed by atoms with Crippen LogP contribution in [0.2, 0.25) is 0 Å². The fourth-order valence-electron chi connectivity index (χ4n) is 2.73. The average Bonchev–Trinajstić information content (AvgIpc) is 2.83. The molecule has 1 aromatic heterocycles. The van der Waals surface area contributed by atoms with Gasteiger partial charge in [-0.2, -0.15) is 0 Å². The van der Waals surface area contributed by atoms with Crippen LogP contribution in [0.5, 0.6) is 0 Å². The smallest absolute Gasteiger partial charge is 0.137 e. The first-order valence-electron chi connectivity index (χ1n) is 7.38. The second kappa shape index (κ2) is 6.87. The molecule has 0 radical (unpaired) electrons. The summed E-state index contributed by atoms with van der Waals surface area (Å²) in [4.78, 5) is 0. The minimum Gasteiger partial charge on any atom is -0.392 e. The highest BCUT2D eigenvalue weighted by atomic mass is 16.5. The standard InChI is InChI=1S/C17H24N2O2/c1-11(17-13(3)19-21-14(17)4)9-18-12(2)16-7-5-6-15(8-16)10-20/h5-8,11-12,18,20H,9-10H2,1-4H3. The first-order valence-corrected chi connectivity index (χ1v) is 7.38. The van der Waals surface area contributed by atoms with Crippen molar-refractivity contribution < 1.29 is 9.63 Å². The highest BCUT2D eigenvalue weighted by Gasteiger charge is 2.17. The molecule has 0 saturated carbocycles. The first kappa shape index (κ1) is 15.7. The van der Waals surface area contributed by atoms with Crippen molar-refractivity contribution in [1.82, 2.24) is 10.5 Å². The molecule has 2 N–H and O–H groups in total. The molecule has 4 nitrogen and oxygen atoms in total. The number of hydrogen-bond donors (Lipinski definition) is 2. The summed E-state index contributed by atoms with van der Waals surface area (Å²) >= 11 is 0. The van der Waals surface area contributed by atoms with Gasteiger partial charge in [0.25, 0.3) is 0 Å². The number of hydrogen-bond acceptors (Lipinski definition) is 4. The predicted octanol–water partition coefficient (Wildman–Crippen LogP) is 3.24. The normalized spacial score (nSPS) is 14.1. The van der Waals surface area contributed by atoms with Gasteiger partial charge >= 0.3 is 0 Å². The molecule has 21 heavy (non-hydrogen) atoms. The van der Waals surface area contributed by atoms with Gasteiger partial charge in [0.05, 0.1) is 12.3 Å². The van der Waals surface area contributed by atoms with Crippen molar-refractivity contribution in [2.45, 2.75) is 46.3 Å². The van der Waals surface area contributed by atoms with E-state index in [2.05, 4.69) is 30.4 Å². The summed E-state index contributed by atoms with van der Waals surface area (Å²) in [5, 5.41) is 16.8. The van der Waals surface area contributed by atoms with Crippen molar-refractivity contribution in [2.75, 3.05) is 6.54 Å². The number of rotatable bonds is 6. The van der Waals surface area contributed by atoms with Crippen molar-refractivity contribution >= 4 is 0 Å². The number of aliphatic hydroxyl groups is 1. The highest BCUT2D eigenvalue weighted by Crippen LogP contribution is 2.23. The van der Waals surface area contributed by atoms with Crippen LogP contribution in [0, 0.1) is 13.8 Å². The first-order chi connectivity index (χ1) is 10.0. The maximum atomic E-state index is 9.21. The summed E-state index contributed by atoms with van der Waals surface area (Å²) in [7, 11) is 0. The zero-order chi connectivity index (χ0) is 15.4. The molecule has 2 unspecified atom stereocenters. The van der Waals surface area contributed by atoms with Gasteiger partial charge in [-0.15, -0.1) is 0 Å². The third kappa shape index (κ3) is 3.71. The second-order valence-corrected chi connectivity index (χ2v) is 5.67. The third-order valence-electron chi connectivity index (χ3n) is 3.95. The molecule has 1 heterocycles. The summed E-state index contributed by atoms with van der Waals surface area (Å²) in [6, 6.07) is 8.27. The monoisotopic (exact) mass is 288 g/mol. The summed E-state index contributed by atoms with van der Waals surface area (Å²) < 4.78 is 5.23. The lowest BCUT2D eigenvalue weighted by atomic mass is 9.98. The number of aryl methyl sites for hydroxylation is 2. The van der Waals surface area contributed by atoms with Crippen molar-refractivity contribution in [3.05, 3.63) is 52.4 Å². The van der Waals surface area contributed by atoms with Gasteiger partial charge in [-0.3, -0.25) is 0 Å². The molecule has 4 heteroatoms. The predicted molar refractivity (Wildman–Crippen MR) is 83.2 cm³/mol. The Morgan fingerprint density at radius 2 is 2.05 bits per heavy atom. The van der Waals surface area contributed by atoms with Crippen LogP contribution in [0.25, 0.3) is 0 Å². The zero-order valence-electron chi connectivity index (χ0n) is 13.2. The number of benzene rings is 1. The molecule has 0 spiro atoms. The average molecular weight is 288 g/mol. The molecule has 2 aromatic rings. The van der Waals surface area contributed by atoms with E-state index >= 15 is 0 Å². The van der Waals surface area contributed by atoms with Crippen LogP contribution in [-0.2, 0) is 6.61 Å². The minimum absolute atomic E-state index is 0.0794. The highest BCUT2D eigenvalue weighted by molar-refractivity contribution is 5.27. The quantitative estimate of drug-likeness (QED) is 0.856. The molecular formula is C17H24N2O2. The van der Waals surface area contributed by atoms with Gasteiger partial charge in [0, 0.05) is 18.2 Å². The molecule has 0 amide bonds. The van der Waals surface area contributed by atoms with Crippen molar-refractivity contribution in [3.8, 4) is 0 Å². The van der Waals surface area contributed by atoms with E-state index in [0.29, 0.717) is 5.92 Å². The van der Waals surface area contributed by atoms with E-state index in [9.17, 15) is 5.11 Å². The van der Waals surface area contributed by atoms with E-state index in [1.807, 2.05) is 32.0 Å². The number of aromatic nitrogens is 1. The van der Waals surface area contributed by atoms with E-state index in [1.165, 1.54) is 11.1 Å². The SMILES string of the molecule is Cc1noc(C)c1C(C)CNC(C)c1cccc(CO)c1. The second-order valence-electron chi connectivity index (χ2n) is 5.67. The molecular weight excluding hydrogens is 264 g/mol. The van der Waals surface area contributed by atoms with E-state index in [0.717, 1.165) is 23.6 Å². The Labute approximate surface area is 126 Å². The Morgan fingerprint density at radius 1 is 1.29 bits per heavy atom. The van der Waals surface area contributed by atoms with E-state index in [4.69, 9.17) is 4.52 Å². The zero-order valence-corrected chi connectivity index (χ0v) is 13.2. The summed E-state index contributed by atoms with van der Waals surface area (Å²) in [6.45, 7) is 9.19. The van der Waals surface area contributed by atoms with Crippen molar-refractivity contribution in [1.29, 1.82) is 0 Å². The molecule has 2 atom stereocenters. The van der Waals surface area contributed by atoms with Crippen LogP contribution < -0.4 is 5.32 Å². The van der Waals surface area contributed by atoms with Crippen LogP contribution in [0.4, 0.5) is 0 Å². The van der Waals surface area contributed by atoms with Crippen LogP contribution in [0.3, 0.4) is 0 Å². The van der Waals surface area contributed by atoms with Gasteiger partial charge in [0.2, 0.25) is 0 Å². The van der Waals surface area contributed by atoms with Crippen LogP contribution >= 0.6 is 0 Å². The van der Waals surface area contributed by atoms with E-state index < -0.39 is 0 Å².